The van der Waals surface area contributed by atoms with Crippen LogP contribution in [0.4, 0.5) is 0 Å². The van der Waals surface area contributed by atoms with Crippen molar-refractivity contribution >= 4 is 11.8 Å². The average molecular weight is 411 g/mol. The topological polar surface area (TPSA) is 122 Å². The molecule has 0 atom stereocenters. The maximum absolute atomic E-state index is 5.82. The molecule has 0 spiro atoms. The third-order valence-corrected chi connectivity index (χ3v) is 4.99. The highest BCUT2D eigenvalue weighted by atomic mass is 32.2. The van der Waals surface area contributed by atoms with Crippen LogP contribution >= 0.6 is 11.8 Å². The van der Waals surface area contributed by atoms with Gasteiger partial charge >= 0.3 is 0 Å². The van der Waals surface area contributed by atoms with Gasteiger partial charge in [0.1, 0.15) is 12.4 Å². The second-order valence-electron chi connectivity index (χ2n) is 5.96. The lowest BCUT2D eigenvalue weighted by atomic mass is 10.3. The molecule has 148 valence electrons. The minimum atomic E-state index is 0.164. The minimum Gasteiger partial charge on any atom is -0.486 e. The highest BCUT2D eigenvalue weighted by Crippen LogP contribution is 2.21. The van der Waals surface area contributed by atoms with Crippen molar-refractivity contribution in [2.24, 2.45) is 0 Å². The molecule has 4 rings (SSSR count). The summed E-state index contributed by atoms with van der Waals surface area (Å²) >= 11 is 1.50. The highest BCUT2D eigenvalue weighted by molar-refractivity contribution is 7.99. The van der Waals surface area contributed by atoms with Crippen molar-refractivity contribution < 1.29 is 9.26 Å². The smallest absolute Gasteiger partial charge is 0.258 e. The van der Waals surface area contributed by atoms with E-state index in [9.17, 15) is 0 Å². The molecule has 29 heavy (non-hydrogen) atoms. The summed E-state index contributed by atoms with van der Waals surface area (Å²) in [5, 5.41) is 28.1. The van der Waals surface area contributed by atoms with Gasteiger partial charge in [-0.2, -0.15) is 9.36 Å². The van der Waals surface area contributed by atoms with Crippen molar-refractivity contribution in [1.29, 1.82) is 0 Å². The first-order valence-electron chi connectivity index (χ1n) is 8.63. The molecular weight excluding hydrogens is 394 g/mol. The molecular formula is C17H17N9O2S. The summed E-state index contributed by atoms with van der Waals surface area (Å²) in [5.41, 5.74) is 2.48. The van der Waals surface area contributed by atoms with Crippen molar-refractivity contribution in [2.75, 3.05) is 5.75 Å². The maximum Gasteiger partial charge on any atom is 0.258 e. The predicted molar refractivity (Wildman–Crippen MR) is 103 cm³/mol. The van der Waals surface area contributed by atoms with Crippen LogP contribution in [0.1, 0.15) is 17.1 Å². The number of aromatic nitrogens is 9. The van der Waals surface area contributed by atoms with Gasteiger partial charge < -0.3 is 9.26 Å². The van der Waals surface area contributed by atoms with Gasteiger partial charge in [-0.3, -0.25) is 0 Å². The van der Waals surface area contributed by atoms with E-state index in [-0.39, 0.29) is 6.61 Å². The van der Waals surface area contributed by atoms with E-state index < -0.39 is 0 Å². The zero-order valence-corrected chi connectivity index (χ0v) is 16.6. The van der Waals surface area contributed by atoms with Crippen LogP contribution in [0.15, 0.2) is 46.6 Å². The number of nitrogens with zero attached hydrogens (tertiary/aromatic N) is 9. The largest absolute Gasteiger partial charge is 0.486 e. The molecule has 3 heterocycles. The summed E-state index contributed by atoms with van der Waals surface area (Å²) in [4.78, 5) is 0. The fourth-order valence-electron chi connectivity index (χ4n) is 2.45. The number of hydrogen-bond donors (Lipinski definition) is 0. The molecule has 0 saturated heterocycles. The monoisotopic (exact) mass is 411 g/mol. The normalized spacial score (nSPS) is 11.0. The Bertz CT molecular complexity index is 1120. The molecule has 0 bridgehead atoms. The molecule has 1 aromatic carbocycles. The van der Waals surface area contributed by atoms with Gasteiger partial charge in [0, 0.05) is 11.3 Å². The Balaban J connectivity index is 1.46. The quantitative estimate of drug-likeness (QED) is 0.314. The van der Waals surface area contributed by atoms with Crippen LogP contribution in [0.3, 0.4) is 0 Å². The second kappa shape index (κ2) is 8.22. The highest BCUT2D eigenvalue weighted by Gasteiger charge is 2.17. The molecule has 12 heteroatoms. The summed E-state index contributed by atoms with van der Waals surface area (Å²) in [7, 11) is 0. The summed E-state index contributed by atoms with van der Waals surface area (Å²) < 4.78 is 14.3. The second-order valence-corrected chi connectivity index (χ2v) is 6.95. The fourth-order valence-corrected chi connectivity index (χ4v) is 3.08. The Labute approximate surface area is 169 Å². The van der Waals surface area contributed by atoms with E-state index in [1.165, 1.54) is 16.4 Å². The molecule has 0 N–H and O–H groups in total. The molecule has 0 saturated carbocycles. The molecule has 0 unspecified atom stereocenters. The van der Waals surface area contributed by atoms with Gasteiger partial charge in [-0.05, 0) is 59.0 Å². The van der Waals surface area contributed by atoms with Crippen LogP contribution < -0.4 is 4.74 Å². The number of thioether (sulfide) groups is 1. The number of ether oxygens (including phenoxy) is 1. The first-order valence-corrected chi connectivity index (χ1v) is 9.61. The van der Waals surface area contributed by atoms with Gasteiger partial charge in [-0.25, -0.2) is 0 Å². The van der Waals surface area contributed by atoms with Gasteiger partial charge in [0.2, 0.25) is 5.16 Å². The molecule has 4 aromatic rings. The van der Waals surface area contributed by atoms with E-state index in [0.29, 0.717) is 22.6 Å². The SMILES string of the molecule is C=CCSc1nnnn1-c1ccc(OCc2nnnn2-c2onc(C)c2C)cc1. The van der Waals surface area contributed by atoms with Crippen molar-refractivity contribution in [1.82, 2.24) is 45.6 Å². The number of hydrogen-bond acceptors (Lipinski definition) is 10. The summed E-state index contributed by atoms with van der Waals surface area (Å²) in [6, 6.07) is 7.40. The first-order chi connectivity index (χ1) is 14.2. The van der Waals surface area contributed by atoms with Gasteiger partial charge in [0.25, 0.3) is 5.88 Å². The summed E-state index contributed by atoms with van der Waals surface area (Å²) in [6.45, 7) is 7.62. The fraction of sp³-hybridized carbons (Fsp3) is 0.235. The lowest BCUT2D eigenvalue weighted by molar-refractivity contribution is 0.287. The van der Waals surface area contributed by atoms with Crippen LogP contribution in [0.2, 0.25) is 0 Å². The van der Waals surface area contributed by atoms with E-state index in [2.05, 4.69) is 42.8 Å². The molecule has 3 aromatic heterocycles. The van der Waals surface area contributed by atoms with Crippen molar-refractivity contribution in [2.45, 2.75) is 25.6 Å². The van der Waals surface area contributed by atoms with Crippen LogP contribution in [-0.4, -0.2) is 51.3 Å². The third kappa shape index (κ3) is 3.87. The molecule has 0 amide bonds. The van der Waals surface area contributed by atoms with Crippen LogP contribution in [-0.2, 0) is 6.61 Å². The van der Waals surface area contributed by atoms with Crippen LogP contribution in [0, 0.1) is 13.8 Å². The van der Waals surface area contributed by atoms with Crippen molar-refractivity contribution in [3.05, 3.63) is 54.0 Å². The predicted octanol–water partition coefficient (Wildman–Crippen LogP) is 2.10. The lowest BCUT2D eigenvalue weighted by Gasteiger charge is -2.07. The zero-order chi connectivity index (χ0) is 20.2. The standard InChI is InChI=1S/C17H17N9O2S/c1-4-9-29-17-19-22-23-25(17)13-5-7-14(8-6-13)27-10-15-18-21-24-26(15)16-11(2)12(3)20-28-16/h4-8H,1,9-10H2,2-3H3. The Morgan fingerprint density at radius 2 is 1.86 bits per heavy atom. The Hall–Kier alpha value is -3.54. The lowest BCUT2D eigenvalue weighted by Crippen LogP contribution is -2.07. The Morgan fingerprint density at radius 1 is 1.10 bits per heavy atom. The van der Waals surface area contributed by atoms with E-state index in [1.54, 1.807) is 10.8 Å². The molecule has 11 nitrogen and oxygen atoms in total. The van der Waals surface area contributed by atoms with Gasteiger partial charge in [0.05, 0.1) is 11.4 Å². The van der Waals surface area contributed by atoms with E-state index in [4.69, 9.17) is 9.26 Å². The Kier molecular flexibility index (Phi) is 5.33. The molecule has 0 aliphatic rings. The van der Waals surface area contributed by atoms with Crippen molar-refractivity contribution in [3.63, 3.8) is 0 Å². The minimum absolute atomic E-state index is 0.164. The number of aryl methyl sites for hydroxylation is 1. The van der Waals surface area contributed by atoms with E-state index in [1.807, 2.05) is 38.1 Å². The molecule has 0 radical (unpaired) electrons. The summed E-state index contributed by atoms with van der Waals surface area (Å²) in [5.74, 6) is 2.35. The third-order valence-electron chi connectivity index (χ3n) is 4.08. The molecule has 0 fully saturated rings. The summed E-state index contributed by atoms with van der Waals surface area (Å²) in [6.07, 6.45) is 1.80. The number of rotatable bonds is 8. The maximum atomic E-state index is 5.82. The average Bonchev–Trinajstić information content (AvgIpc) is 3.46. The molecule has 0 aliphatic carbocycles. The zero-order valence-electron chi connectivity index (χ0n) is 15.8. The number of tetrazole rings is 2. The Morgan fingerprint density at radius 3 is 2.59 bits per heavy atom. The van der Waals surface area contributed by atoms with Gasteiger partial charge in [0.15, 0.2) is 5.82 Å². The van der Waals surface area contributed by atoms with E-state index >= 15 is 0 Å². The first kappa shape index (κ1) is 18.8. The van der Waals surface area contributed by atoms with Gasteiger partial charge in [-0.1, -0.05) is 23.0 Å². The van der Waals surface area contributed by atoms with Crippen LogP contribution in [0.25, 0.3) is 11.6 Å². The van der Waals surface area contributed by atoms with Gasteiger partial charge in [-0.15, -0.1) is 16.8 Å². The van der Waals surface area contributed by atoms with E-state index in [0.717, 1.165) is 22.7 Å². The van der Waals surface area contributed by atoms with Crippen LogP contribution in [0.5, 0.6) is 5.75 Å². The van der Waals surface area contributed by atoms with Crippen molar-refractivity contribution in [3.8, 4) is 17.3 Å². The molecule has 0 aliphatic heterocycles. The number of benzene rings is 1.